The highest BCUT2D eigenvalue weighted by Gasteiger charge is 2.24. The Kier molecular flexibility index (Phi) is 4.37. The Morgan fingerprint density at radius 1 is 1.39 bits per heavy atom. The van der Waals surface area contributed by atoms with E-state index in [9.17, 15) is 4.79 Å². The van der Waals surface area contributed by atoms with Crippen molar-refractivity contribution in [2.24, 2.45) is 5.92 Å². The summed E-state index contributed by atoms with van der Waals surface area (Å²) in [4.78, 5) is 12.0. The first-order valence-corrected chi connectivity index (χ1v) is 6.72. The summed E-state index contributed by atoms with van der Waals surface area (Å²) in [6.07, 6.45) is 1.89. The predicted molar refractivity (Wildman–Crippen MR) is 73.2 cm³/mol. The van der Waals surface area contributed by atoms with Gasteiger partial charge in [-0.05, 0) is 38.8 Å². The smallest absolute Gasteiger partial charge is 0.223 e. The number of nitrogens with one attached hydrogen (secondary N) is 2. The molecule has 0 bridgehead atoms. The molecular formula is C15H22N2O. The number of benzene rings is 1. The molecule has 18 heavy (non-hydrogen) atoms. The van der Waals surface area contributed by atoms with E-state index in [1.807, 2.05) is 0 Å². The lowest BCUT2D eigenvalue weighted by Gasteiger charge is -2.27. The van der Waals surface area contributed by atoms with Crippen LogP contribution in [0.5, 0.6) is 0 Å². The summed E-state index contributed by atoms with van der Waals surface area (Å²) >= 11 is 0. The van der Waals surface area contributed by atoms with E-state index in [1.54, 1.807) is 0 Å². The minimum absolute atomic E-state index is 0.173. The van der Waals surface area contributed by atoms with Crippen LogP contribution < -0.4 is 10.6 Å². The molecule has 1 aliphatic rings. The summed E-state index contributed by atoms with van der Waals surface area (Å²) < 4.78 is 0. The van der Waals surface area contributed by atoms with Crippen molar-refractivity contribution < 1.29 is 4.79 Å². The average Bonchev–Trinajstić information content (AvgIpc) is 2.38. The van der Waals surface area contributed by atoms with Crippen LogP contribution in [-0.4, -0.2) is 18.5 Å². The fourth-order valence-electron chi connectivity index (χ4n) is 2.41. The third-order valence-corrected chi connectivity index (χ3v) is 3.58. The predicted octanol–water partition coefficient (Wildman–Crippen LogP) is 2.00. The Hall–Kier alpha value is -1.35. The van der Waals surface area contributed by atoms with Crippen molar-refractivity contribution >= 4 is 5.91 Å². The third-order valence-electron chi connectivity index (χ3n) is 3.58. The molecule has 1 heterocycles. The van der Waals surface area contributed by atoms with E-state index in [2.05, 4.69) is 48.7 Å². The van der Waals surface area contributed by atoms with Gasteiger partial charge < -0.3 is 10.6 Å². The van der Waals surface area contributed by atoms with Crippen molar-refractivity contribution in [2.45, 2.75) is 39.3 Å². The van der Waals surface area contributed by atoms with Crippen LogP contribution in [0.25, 0.3) is 0 Å². The second kappa shape index (κ2) is 6.01. The number of carbonyl (C=O) groups excluding carboxylic acids is 1. The zero-order valence-corrected chi connectivity index (χ0v) is 11.2. The minimum atomic E-state index is 0.173. The maximum absolute atomic E-state index is 12.0. The van der Waals surface area contributed by atoms with Crippen LogP contribution >= 0.6 is 0 Å². The first-order chi connectivity index (χ1) is 8.65. The molecule has 2 atom stereocenters. The number of piperidine rings is 1. The van der Waals surface area contributed by atoms with Gasteiger partial charge in [0.2, 0.25) is 5.91 Å². The second-order valence-corrected chi connectivity index (χ2v) is 5.28. The molecule has 1 saturated heterocycles. The number of hydrogen-bond donors (Lipinski definition) is 2. The molecule has 1 aromatic rings. The number of hydrogen-bond acceptors (Lipinski definition) is 2. The van der Waals surface area contributed by atoms with E-state index >= 15 is 0 Å². The lowest BCUT2D eigenvalue weighted by molar-refractivity contribution is -0.126. The molecule has 1 fully saturated rings. The van der Waals surface area contributed by atoms with Gasteiger partial charge in [0.25, 0.3) is 0 Å². The topological polar surface area (TPSA) is 41.1 Å². The number of rotatable bonds is 3. The molecule has 0 spiro atoms. The van der Waals surface area contributed by atoms with E-state index < -0.39 is 0 Å². The van der Waals surface area contributed by atoms with Crippen LogP contribution in [-0.2, 0) is 11.3 Å². The summed E-state index contributed by atoms with van der Waals surface area (Å²) in [6, 6.07) is 8.75. The Bertz CT molecular complexity index is 399. The van der Waals surface area contributed by atoms with Gasteiger partial charge in [0.05, 0.1) is 0 Å². The van der Waals surface area contributed by atoms with Crippen LogP contribution in [0.4, 0.5) is 0 Å². The van der Waals surface area contributed by atoms with Crippen LogP contribution in [0, 0.1) is 12.8 Å². The lowest BCUT2D eigenvalue weighted by Crippen LogP contribution is -2.42. The van der Waals surface area contributed by atoms with Crippen molar-refractivity contribution in [3.63, 3.8) is 0 Å². The average molecular weight is 246 g/mol. The van der Waals surface area contributed by atoms with E-state index in [0.29, 0.717) is 12.6 Å². The minimum Gasteiger partial charge on any atom is -0.352 e. The van der Waals surface area contributed by atoms with E-state index in [4.69, 9.17) is 0 Å². The normalized spacial score (nSPS) is 23.7. The number of carbonyl (C=O) groups is 1. The van der Waals surface area contributed by atoms with Crippen molar-refractivity contribution in [3.8, 4) is 0 Å². The van der Waals surface area contributed by atoms with Crippen LogP contribution in [0.3, 0.4) is 0 Å². The Morgan fingerprint density at radius 2 is 2.11 bits per heavy atom. The first kappa shape index (κ1) is 13.1. The number of amides is 1. The highest BCUT2D eigenvalue weighted by atomic mass is 16.1. The zero-order chi connectivity index (χ0) is 13.0. The molecule has 2 rings (SSSR count). The molecule has 0 saturated carbocycles. The maximum atomic E-state index is 12.0. The summed E-state index contributed by atoms with van der Waals surface area (Å²) in [7, 11) is 0. The van der Waals surface area contributed by atoms with Gasteiger partial charge in [-0.15, -0.1) is 0 Å². The maximum Gasteiger partial charge on any atom is 0.223 e. The lowest BCUT2D eigenvalue weighted by atomic mass is 9.92. The highest BCUT2D eigenvalue weighted by Crippen LogP contribution is 2.16. The van der Waals surface area contributed by atoms with Crippen molar-refractivity contribution in [3.05, 3.63) is 35.4 Å². The summed E-state index contributed by atoms with van der Waals surface area (Å²) in [5, 5.41) is 6.41. The molecule has 3 nitrogen and oxygen atoms in total. The quantitative estimate of drug-likeness (QED) is 0.856. The molecule has 0 radical (unpaired) electrons. The van der Waals surface area contributed by atoms with Gasteiger partial charge in [-0.25, -0.2) is 0 Å². The SMILES string of the molecule is Cc1ccc(CNC(=O)[C@H]2CCN[C@@H](C)C2)cc1. The summed E-state index contributed by atoms with van der Waals surface area (Å²) in [5.74, 6) is 0.371. The molecule has 1 amide bonds. The monoisotopic (exact) mass is 246 g/mol. The fourth-order valence-corrected chi connectivity index (χ4v) is 2.41. The van der Waals surface area contributed by atoms with E-state index in [-0.39, 0.29) is 11.8 Å². The molecular weight excluding hydrogens is 224 g/mol. The fraction of sp³-hybridized carbons (Fsp3) is 0.533. The first-order valence-electron chi connectivity index (χ1n) is 6.72. The molecule has 98 valence electrons. The standard InChI is InChI=1S/C15H22N2O/c1-11-3-5-13(6-4-11)10-17-15(18)14-7-8-16-12(2)9-14/h3-6,12,14,16H,7-10H2,1-2H3,(H,17,18)/t12-,14-/m0/s1. The van der Waals surface area contributed by atoms with E-state index in [1.165, 1.54) is 5.56 Å². The van der Waals surface area contributed by atoms with Crippen molar-refractivity contribution in [1.29, 1.82) is 0 Å². The van der Waals surface area contributed by atoms with Crippen LogP contribution in [0.2, 0.25) is 0 Å². The van der Waals surface area contributed by atoms with E-state index in [0.717, 1.165) is 24.9 Å². The molecule has 0 aromatic heterocycles. The zero-order valence-electron chi connectivity index (χ0n) is 11.2. The van der Waals surface area contributed by atoms with Gasteiger partial charge in [-0.2, -0.15) is 0 Å². The van der Waals surface area contributed by atoms with Gasteiger partial charge in [0, 0.05) is 18.5 Å². The van der Waals surface area contributed by atoms with Gasteiger partial charge in [-0.3, -0.25) is 4.79 Å². The molecule has 0 aliphatic carbocycles. The second-order valence-electron chi connectivity index (χ2n) is 5.28. The third kappa shape index (κ3) is 3.57. The number of aryl methyl sites for hydroxylation is 1. The van der Waals surface area contributed by atoms with Gasteiger partial charge in [-0.1, -0.05) is 29.8 Å². The van der Waals surface area contributed by atoms with Crippen molar-refractivity contribution in [2.75, 3.05) is 6.54 Å². The molecule has 3 heteroatoms. The largest absolute Gasteiger partial charge is 0.352 e. The highest BCUT2D eigenvalue weighted by molar-refractivity contribution is 5.78. The molecule has 2 N–H and O–H groups in total. The van der Waals surface area contributed by atoms with Gasteiger partial charge >= 0.3 is 0 Å². The Labute approximate surface area is 109 Å². The summed E-state index contributed by atoms with van der Waals surface area (Å²) in [6.45, 7) is 5.79. The molecule has 0 unspecified atom stereocenters. The Morgan fingerprint density at radius 3 is 2.78 bits per heavy atom. The molecule has 1 aromatic carbocycles. The van der Waals surface area contributed by atoms with Crippen LogP contribution in [0.15, 0.2) is 24.3 Å². The summed E-state index contributed by atoms with van der Waals surface area (Å²) in [5.41, 5.74) is 2.41. The van der Waals surface area contributed by atoms with Crippen LogP contribution in [0.1, 0.15) is 30.9 Å². The van der Waals surface area contributed by atoms with Gasteiger partial charge in [0.15, 0.2) is 0 Å². The Balaban J connectivity index is 1.82. The molecule has 1 aliphatic heterocycles. The van der Waals surface area contributed by atoms with Crippen molar-refractivity contribution in [1.82, 2.24) is 10.6 Å². The van der Waals surface area contributed by atoms with Gasteiger partial charge in [0.1, 0.15) is 0 Å².